The molecule has 0 aliphatic carbocycles. The zero-order valence-corrected chi connectivity index (χ0v) is 25.4. The number of amides is 2. The van der Waals surface area contributed by atoms with Crippen LogP contribution in [0.15, 0.2) is 78.9 Å². The number of benzene rings is 3. The standard InChI is InChI=1S/C36H44N4O3/c1-3-5-15-33(34(41)26-37-35(42)31-12-7-6-8-13-31)38-36(43)32-14-10-9-11-30(32)21-20-28-16-18-29(19-17-28)27-40-24-22-39(4-2)23-25-40/h6-14,16-21,33H,3-5,15,22-27H2,1-2H3,(H,37,42)(H,38,43). The summed E-state index contributed by atoms with van der Waals surface area (Å²) in [6.45, 7) is 10.6. The molecule has 4 rings (SSSR count). The maximum absolute atomic E-state index is 13.4. The molecule has 3 aromatic carbocycles. The van der Waals surface area contributed by atoms with E-state index < -0.39 is 6.04 Å². The minimum Gasteiger partial charge on any atom is -0.345 e. The molecule has 2 amide bonds. The van der Waals surface area contributed by atoms with Gasteiger partial charge in [-0.15, -0.1) is 0 Å². The highest BCUT2D eigenvalue weighted by Gasteiger charge is 2.22. The average molecular weight is 581 g/mol. The molecule has 1 fully saturated rings. The number of piperazine rings is 1. The van der Waals surface area contributed by atoms with E-state index in [9.17, 15) is 14.4 Å². The molecule has 1 heterocycles. The summed E-state index contributed by atoms with van der Waals surface area (Å²) in [4.78, 5) is 43.9. The minimum atomic E-state index is -0.682. The Kier molecular flexibility index (Phi) is 12.3. The van der Waals surface area contributed by atoms with Crippen LogP contribution in [-0.4, -0.2) is 72.7 Å². The average Bonchev–Trinajstić information content (AvgIpc) is 3.05. The van der Waals surface area contributed by atoms with Gasteiger partial charge in [0.05, 0.1) is 12.6 Å². The van der Waals surface area contributed by atoms with Crippen LogP contribution in [0.2, 0.25) is 0 Å². The summed E-state index contributed by atoms with van der Waals surface area (Å²) in [7, 11) is 0. The number of Topliss-reactive ketones (excluding diaryl/α,β-unsaturated/α-hetero) is 1. The van der Waals surface area contributed by atoms with Gasteiger partial charge in [0.1, 0.15) is 0 Å². The largest absolute Gasteiger partial charge is 0.345 e. The van der Waals surface area contributed by atoms with Crippen molar-refractivity contribution >= 4 is 29.7 Å². The molecular formula is C36H44N4O3. The van der Waals surface area contributed by atoms with E-state index in [1.165, 1.54) is 5.56 Å². The maximum atomic E-state index is 13.4. The van der Waals surface area contributed by atoms with E-state index >= 15 is 0 Å². The van der Waals surface area contributed by atoms with Crippen LogP contribution in [0.3, 0.4) is 0 Å². The zero-order valence-electron chi connectivity index (χ0n) is 25.4. The van der Waals surface area contributed by atoms with Crippen LogP contribution < -0.4 is 10.6 Å². The van der Waals surface area contributed by atoms with Gasteiger partial charge in [-0.25, -0.2) is 0 Å². The number of unbranched alkanes of at least 4 members (excludes halogenated alkanes) is 1. The number of nitrogens with one attached hydrogen (secondary N) is 2. The Bertz CT molecular complexity index is 1360. The lowest BCUT2D eigenvalue weighted by atomic mass is 10.0. The number of likely N-dealkylation sites (N-methyl/N-ethyl adjacent to an activating group) is 1. The SMILES string of the molecule is CCCCC(NC(=O)c1ccccc1C=Cc1ccc(CN2CCN(CC)CC2)cc1)C(=O)CNC(=O)c1ccccc1. The number of carbonyl (C=O) groups excluding carboxylic acids is 3. The first-order chi connectivity index (χ1) is 21.0. The number of nitrogens with zero attached hydrogens (tertiary/aromatic N) is 2. The van der Waals surface area contributed by atoms with E-state index in [1.807, 2.05) is 43.3 Å². The monoisotopic (exact) mass is 580 g/mol. The lowest BCUT2D eigenvalue weighted by Gasteiger charge is -2.34. The molecule has 1 aliphatic rings. The Morgan fingerprint density at radius 1 is 0.791 bits per heavy atom. The van der Waals surface area contributed by atoms with Gasteiger partial charge in [0.15, 0.2) is 5.78 Å². The second-order valence-corrected chi connectivity index (χ2v) is 11.1. The van der Waals surface area contributed by atoms with E-state index in [1.54, 1.807) is 30.3 Å². The second kappa shape index (κ2) is 16.5. The van der Waals surface area contributed by atoms with Gasteiger partial charge in [0.2, 0.25) is 0 Å². The van der Waals surface area contributed by atoms with Gasteiger partial charge in [0.25, 0.3) is 11.8 Å². The van der Waals surface area contributed by atoms with Gasteiger partial charge in [-0.3, -0.25) is 19.3 Å². The molecule has 7 heteroatoms. The fourth-order valence-corrected chi connectivity index (χ4v) is 5.23. The first-order valence-corrected chi connectivity index (χ1v) is 15.4. The summed E-state index contributed by atoms with van der Waals surface area (Å²) in [6, 6.07) is 24.1. The molecule has 1 saturated heterocycles. The van der Waals surface area contributed by atoms with Crippen LogP contribution in [0.4, 0.5) is 0 Å². The van der Waals surface area contributed by atoms with Crippen molar-refractivity contribution in [3.8, 4) is 0 Å². The molecule has 0 radical (unpaired) electrons. The van der Waals surface area contributed by atoms with Crippen molar-refractivity contribution in [1.29, 1.82) is 0 Å². The third-order valence-electron chi connectivity index (χ3n) is 7.96. The van der Waals surface area contributed by atoms with E-state index in [0.29, 0.717) is 17.5 Å². The summed E-state index contributed by atoms with van der Waals surface area (Å²) in [5.74, 6) is -0.832. The van der Waals surface area contributed by atoms with E-state index in [-0.39, 0.29) is 24.1 Å². The van der Waals surface area contributed by atoms with Crippen LogP contribution in [0.25, 0.3) is 12.2 Å². The van der Waals surface area contributed by atoms with Gasteiger partial charge >= 0.3 is 0 Å². The van der Waals surface area contributed by atoms with Crippen molar-refractivity contribution in [2.24, 2.45) is 0 Å². The van der Waals surface area contributed by atoms with Crippen LogP contribution in [0.5, 0.6) is 0 Å². The molecular weight excluding hydrogens is 536 g/mol. The predicted molar refractivity (Wildman–Crippen MR) is 174 cm³/mol. The quantitative estimate of drug-likeness (QED) is 0.254. The normalized spacial score (nSPS) is 14.8. The Morgan fingerprint density at radius 3 is 2.16 bits per heavy atom. The number of hydrogen-bond acceptors (Lipinski definition) is 5. The molecule has 43 heavy (non-hydrogen) atoms. The molecule has 0 saturated carbocycles. The minimum absolute atomic E-state index is 0.144. The summed E-state index contributed by atoms with van der Waals surface area (Å²) >= 11 is 0. The highest BCUT2D eigenvalue weighted by molar-refractivity contribution is 6.02. The van der Waals surface area contributed by atoms with Crippen LogP contribution in [-0.2, 0) is 11.3 Å². The molecule has 3 aromatic rings. The topological polar surface area (TPSA) is 81.8 Å². The van der Waals surface area contributed by atoms with E-state index in [4.69, 9.17) is 0 Å². The molecule has 226 valence electrons. The third-order valence-corrected chi connectivity index (χ3v) is 7.96. The molecule has 1 atom stereocenters. The zero-order chi connectivity index (χ0) is 30.4. The Hall–Kier alpha value is -4.07. The molecule has 0 aromatic heterocycles. The Labute approximate surface area is 256 Å². The summed E-state index contributed by atoms with van der Waals surface area (Å²) < 4.78 is 0. The van der Waals surface area contributed by atoms with Crippen molar-refractivity contribution in [3.63, 3.8) is 0 Å². The molecule has 0 spiro atoms. The van der Waals surface area contributed by atoms with Crippen LogP contribution in [0, 0.1) is 0 Å². The lowest BCUT2D eigenvalue weighted by Crippen LogP contribution is -2.45. The van der Waals surface area contributed by atoms with Gasteiger partial charge < -0.3 is 15.5 Å². The third kappa shape index (κ3) is 9.73. The van der Waals surface area contributed by atoms with Crippen molar-refractivity contribution in [2.75, 3.05) is 39.3 Å². The van der Waals surface area contributed by atoms with Gasteiger partial charge in [-0.2, -0.15) is 0 Å². The molecule has 2 N–H and O–H groups in total. The smallest absolute Gasteiger partial charge is 0.252 e. The van der Waals surface area contributed by atoms with Crippen LogP contribution in [0.1, 0.15) is 70.5 Å². The second-order valence-electron chi connectivity index (χ2n) is 11.1. The molecule has 7 nitrogen and oxygen atoms in total. The molecule has 1 unspecified atom stereocenters. The van der Waals surface area contributed by atoms with Gasteiger partial charge in [-0.05, 0) is 47.9 Å². The van der Waals surface area contributed by atoms with Crippen molar-refractivity contribution in [1.82, 2.24) is 20.4 Å². The fourth-order valence-electron chi connectivity index (χ4n) is 5.23. The first kappa shape index (κ1) is 31.9. The van der Waals surface area contributed by atoms with Crippen LogP contribution >= 0.6 is 0 Å². The summed E-state index contributed by atoms with van der Waals surface area (Å²) in [6.07, 6.45) is 6.14. The number of rotatable bonds is 14. The van der Waals surface area contributed by atoms with Crippen molar-refractivity contribution in [2.45, 2.75) is 45.7 Å². The number of ketones is 1. The Balaban J connectivity index is 1.36. The lowest BCUT2D eigenvalue weighted by molar-refractivity contribution is -0.120. The fraction of sp³-hybridized carbons (Fsp3) is 0.361. The van der Waals surface area contributed by atoms with Crippen molar-refractivity contribution < 1.29 is 14.4 Å². The van der Waals surface area contributed by atoms with Crippen molar-refractivity contribution in [3.05, 3.63) is 107 Å². The van der Waals surface area contributed by atoms with Gasteiger partial charge in [0, 0.05) is 43.9 Å². The first-order valence-electron chi connectivity index (χ1n) is 15.4. The highest BCUT2D eigenvalue weighted by atomic mass is 16.2. The number of carbonyl (C=O) groups is 3. The Morgan fingerprint density at radius 2 is 1.47 bits per heavy atom. The molecule has 0 bridgehead atoms. The predicted octanol–water partition coefficient (Wildman–Crippen LogP) is 5.28. The summed E-state index contributed by atoms with van der Waals surface area (Å²) in [5.41, 5.74) is 4.12. The van der Waals surface area contributed by atoms with Gasteiger partial charge in [-0.1, -0.05) is 99.5 Å². The van der Waals surface area contributed by atoms with E-state index in [0.717, 1.165) is 63.2 Å². The number of hydrogen-bond donors (Lipinski definition) is 2. The summed E-state index contributed by atoms with van der Waals surface area (Å²) in [5, 5.41) is 5.64. The van der Waals surface area contributed by atoms with E-state index in [2.05, 4.69) is 51.6 Å². The molecule has 1 aliphatic heterocycles. The highest BCUT2D eigenvalue weighted by Crippen LogP contribution is 2.16. The maximum Gasteiger partial charge on any atom is 0.252 e.